The van der Waals surface area contributed by atoms with Crippen molar-refractivity contribution in [2.24, 2.45) is 7.05 Å². The van der Waals surface area contributed by atoms with Crippen molar-refractivity contribution in [3.8, 4) is 0 Å². The van der Waals surface area contributed by atoms with Crippen molar-refractivity contribution in [3.63, 3.8) is 0 Å². The number of aryl methyl sites for hydroxylation is 1. The lowest BCUT2D eigenvalue weighted by molar-refractivity contribution is 0.679. The van der Waals surface area contributed by atoms with Crippen LogP contribution in [0.1, 0.15) is 12.6 Å². The molecule has 0 fully saturated rings. The van der Waals surface area contributed by atoms with Crippen LogP contribution in [0.3, 0.4) is 0 Å². The smallest absolute Gasteiger partial charge is 0.121 e. The molecule has 4 heteroatoms. The van der Waals surface area contributed by atoms with Gasteiger partial charge >= 0.3 is 0 Å². The second-order valence-electron chi connectivity index (χ2n) is 2.46. The van der Waals surface area contributed by atoms with Gasteiger partial charge in [0.05, 0.1) is 5.69 Å². The van der Waals surface area contributed by atoms with E-state index in [1.807, 2.05) is 13.1 Å². The van der Waals surface area contributed by atoms with Crippen LogP contribution in [0.15, 0.2) is 6.07 Å². The molecule has 0 bridgehead atoms. The molecule has 0 unspecified atom stereocenters. The standard InChI is InChI=1S/C7H14N4/c1-3-9-5-6-4-7(8)11(2)10-6/h4,9H,3,5,8H2,1-2H3. The number of hydrogen-bond acceptors (Lipinski definition) is 3. The first-order valence-electron chi connectivity index (χ1n) is 3.73. The van der Waals surface area contributed by atoms with E-state index >= 15 is 0 Å². The maximum atomic E-state index is 5.59. The molecule has 3 N–H and O–H groups in total. The predicted molar refractivity (Wildman–Crippen MR) is 45.0 cm³/mol. The molecular formula is C7H14N4. The van der Waals surface area contributed by atoms with Gasteiger partial charge < -0.3 is 11.1 Å². The van der Waals surface area contributed by atoms with Gasteiger partial charge in [0, 0.05) is 19.7 Å². The largest absolute Gasteiger partial charge is 0.384 e. The molecule has 0 atom stereocenters. The SMILES string of the molecule is CCNCc1cc(N)n(C)n1. The number of nitrogens with one attached hydrogen (secondary N) is 1. The van der Waals surface area contributed by atoms with Gasteiger partial charge in [0.1, 0.15) is 5.82 Å². The third-order valence-electron chi connectivity index (χ3n) is 1.52. The summed E-state index contributed by atoms with van der Waals surface area (Å²) in [6.45, 7) is 3.81. The van der Waals surface area contributed by atoms with Crippen molar-refractivity contribution in [3.05, 3.63) is 11.8 Å². The van der Waals surface area contributed by atoms with E-state index in [1.165, 1.54) is 0 Å². The molecule has 0 aromatic carbocycles. The molecule has 0 aliphatic heterocycles. The molecule has 1 heterocycles. The number of nitrogens with zero attached hydrogens (tertiary/aromatic N) is 2. The molecule has 62 valence electrons. The third-order valence-corrected chi connectivity index (χ3v) is 1.52. The van der Waals surface area contributed by atoms with E-state index in [9.17, 15) is 0 Å². The summed E-state index contributed by atoms with van der Waals surface area (Å²) < 4.78 is 1.67. The van der Waals surface area contributed by atoms with Gasteiger partial charge in [-0.1, -0.05) is 6.92 Å². The van der Waals surface area contributed by atoms with E-state index in [4.69, 9.17) is 5.73 Å². The first kappa shape index (κ1) is 8.07. The van der Waals surface area contributed by atoms with E-state index in [0.29, 0.717) is 5.82 Å². The van der Waals surface area contributed by atoms with Crippen molar-refractivity contribution in [1.29, 1.82) is 0 Å². The minimum absolute atomic E-state index is 0.706. The number of hydrogen-bond donors (Lipinski definition) is 2. The average molecular weight is 154 g/mol. The highest BCUT2D eigenvalue weighted by atomic mass is 15.3. The number of nitrogen functional groups attached to an aromatic ring is 1. The number of anilines is 1. The molecule has 1 aromatic rings. The van der Waals surface area contributed by atoms with Crippen molar-refractivity contribution in [2.75, 3.05) is 12.3 Å². The first-order chi connectivity index (χ1) is 5.24. The highest BCUT2D eigenvalue weighted by Crippen LogP contribution is 2.02. The molecule has 0 saturated carbocycles. The maximum Gasteiger partial charge on any atom is 0.121 e. The fraction of sp³-hybridized carbons (Fsp3) is 0.571. The van der Waals surface area contributed by atoms with Crippen LogP contribution in [0, 0.1) is 0 Å². The lowest BCUT2D eigenvalue weighted by atomic mass is 10.4. The molecule has 0 amide bonds. The summed E-state index contributed by atoms with van der Waals surface area (Å²) in [5.74, 6) is 0.706. The fourth-order valence-corrected chi connectivity index (χ4v) is 0.883. The Balaban J connectivity index is 2.58. The lowest BCUT2D eigenvalue weighted by Crippen LogP contribution is -2.12. The Morgan fingerprint density at radius 1 is 1.73 bits per heavy atom. The maximum absolute atomic E-state index is 5.59. The van der Waals surface area contributed by atoms with Crippen LogP contribution < -0.4 is 11.1 Å². The molecule has 1 rings (SSSR count). The Bertz CT molecular complexity index is 209. The number of aromatic nitrogens is 2. The van der Waals surface area contributed by atoms with Gasteiger partial charge in [-0.2, -0.15) is 5.10 Å². The van der Waals surface area contributed by atoms with Crippen LogP contribution in [-0.4, -0.2) is 16.3 Å². The van der Waals surface area contributed by atoms with Gasteiger partial charge in [-0.3, -0.25) is 4.68 Å². The molecule has 0 saturated heterocycles. The molecule has 0 aliphatic rings. The van der Waals surface area contributed by atoms with Gasteiger partial charge in [0.2, 0.25) is 0 Å². The summed E-state index contributed by atoms with van der Waals surface area (Å²) in [5, 5.41) is 7.35. The topological polar surface area (TPSA) is 55.9 Å². The van der Waals surface area contributed by atoms with Crippen molar-refractivity contribution < 1.29 is 0 Å². The van der Waals surface area contributed by atoms with Gasteiger partial charge in [-0.25, -0.2) is 0 Å². The van der Waals surface area contributed by atoms with Crippen molar-refractivity contribution in [2.45, 2.75) is 13.5 Å². The Morgan fingerprint density at radius 3 is 2.91 bits per heavy atom. The van der Waals surface area contributed by atoms with Crippen LogP contribution in [-0.2, 0) is 13.6 Å². The van der Waals surface area contributed by atoms with E-state index in [-0.39, 0.29) is 0 Å². The van der Waals surface area contributed by atoms with E-state index in [0.717, 1.165) is 18.8 Å². The van der Waals surface area contributed by atoms with Crippen LogP contribution in [0.5, 0.6) is 0 Å². The Hall–Kier alpha value is -1.03. The summed E-state index contributed by atoms with van der Waals surface area (Å²) >= 11 is 0. The zero-order chi connectivity index (χ0) is 8.27. The molecule has 11 heavy (non-hydrogen) atoms. The third kappa shape index (κ3) is 1.94. The normalized spacial score (nSPS) is 10.4. The Labute approximate surface area is 66.4 Å². The first-order valence-corrected chi connectivity index (χ1v) is 3.73. The summed E-state index contributed by atoms with van der Waals surface area (Å²) in [6.07, 6.45) is 0. The fourth-order valence-electron chi connectivity index (χ4n) is 0.883. The van der Waals surface area contributed by atoms with Gasteiger partial charge in [-0.05, 0) is 6.54 Å². The molecule has 0 spiro atoms. The van der Waals surface area contributed by atoms with Gasteiger partial charge in [-0.15, -0.1) is 0 Å². The highest BCUT2D eigenvalue weighted by molar-refractivity contribution is 5.30. The van der Waals surface area contributed by atoms with Crippen LogP contribution in [0.25, 0.3) is 0 Å². The van der Waals surface area contributed by atoms with E-state index in [1.54, 1.807) is 4.68 Å². The number of rotatable bonds is 3. The van der Waals surface area contributed by atoms with E-state index in [2.05, 4.69) is 17.3 Å². The van der Waals surface area contributed by atoms with Crippen LogP contribution >= 0.6 is 0 Å². The average Bonchev–Trinajstić information content (AvgIpc) is 2.28. The second-order valence-corrected chi connectivity index (χ2v) is 2.46. The van der Waals surface area contributed by atoms with Crippen molar-refractivity contribution >= 4 is 5.82 Å². The van der Waals surface area contributed by atoms with E-state index < -0.39 is 0 Å². The minimum Gasteiger partial charge on any atom is -0.384 e. The van der Waals surface area contributed by atoms with Crippen LogP contribution in [0.4, 0.5) is 5.82 Å². The van der Waals surface area contributed by atoms with Crippen molar-refractivity contribution in [1.82, 2.24) is 15.1 Å². The zero-order valence-electron chi connectivity index (χ0n) is 6.96. The van der Waals surface area contributed by atoms with Crippen LogP contribution in [0.2, 0.25) is 0 Å². The zero-order valence-corrected chi connectivity index (χ0v) is 6.96. The molecule has 0 radical (unpaired) electrons. The monoisotopic (exact) mass is 154 g/mol. The van der Waals surface area contributed by atoms with Gasteiger partial charge in [0.25, 0.3) is 0 Å². The van der Waals surface area contributed by atoms with Gasteiger partial charge in [0.15, 0.2) is 0 Å². The molecule has 4 nitrogen and oxygen atoms in total. The summed E-state index contributed by atoms with van der Waals surface area (Å²) in [7, 11) is 1.84. The predicted octanol–water partition coefficient (Wildman–Crippen LogP) is 0.112. The minimum atomic E-state index is 0.706. The number of nitrogens with two attached hydrogens (primary N) is 1. The molecular weight excluding hydrogens is 140 g/mol. The quantitative estimate of drug-likeness (QED) is 0.649. The summed E-state index contributed by atoms with van der Waals surface area (Å²) in [4.78, 5) is 0. The second kappa shape index (κ2) is 3.39. The highest BCUT2D eigenvalue weighted by Gasteiger charge is 1.98. The summed E-state index contributed by atoms with van der Waals surface area (Å²) in [5.41, 5.74) is 6.58. The Kier molecular flexibility index (Phi) is 2.48. The molecule has 1 aromatic heterocycles. The Morgan fingerprint density at radius 2 is 2.45 bits per heavy atom. The lowest BCUT2D eigenvalue weighted by Gasteiger charge is -1.94. The summed E-state index contributed by atoms with van der Waals surface area (Å²) in [6, 6.07) is 1.88. The molecule has 0 aliphatic carbocycles.